The number of amides is 2. The fraction of sp³-hybridized carbons (Fsp3) is 0.524. The van der Waals surface area contributed by atoms with E-state index in [9.17, 15) is 35.9 Å². The number of carbonyl (C=O) groups is 2. The van der Waals surface area contributed by atoms with E-state index in [1.165, 1.54) is 0 Å². The van der Waals surface area contributed by atoms with Crippen LogP contribution in [0.4, 0.5) is 26.3 Å². The molecule has 0 aliphatic heterocycles. The van der Waals surface area contributed by atoms with Gasteiger partial charge in [0.1, 0.15) is 14.1 Å². The molecule has 0 bridgehead atoms. The minimum Gasteiger partial charge on any atom is -0.368 e. The molecule has 4 nitrogen and oxygen atoms in total. The Bertz CT molecular complexity index is 889. The van der Waals surface area contributed by atoms with E-state index in [0.29, 0.717) is 12.1 Å². The molecule has 2 amide bonds. The first kappa shape index (κ1) is 27.6. The summed E-state index contributed by atoms with van der Waals surface area (Å²) < 4.78 is 77.8. The Labute approximate surface area is 183 Å². The number of carbonyl (C=O) groups excluding carboxylic acids is 2. The highest BCUT2D eigenvalue weighted by molar-refractivity contribution is 6.87. The van der Waals surface area contributed by atoms with Gasteiger partial charge in [-0.1, -0.05) is 33.9 Å². The Balaban J connectivity index is 3.05. The summed E-state index contributed by atoms with van der Waals surface area (Å²) in [5, 5.41) is 2.19. The molecule has 0 fully saturated rings. The van der Waals surface area contributed by atoms with Crippen molar-refractivity contribution in [2.24, 2.45) is 5.73 Å². The summed E-state index contributed by atoms with van der Waals surface area (Å²) in [6.07, 6.45) is -11.0. The van der Waals surface area contributed by atoms with Gasteiger partial charge in [-0.05, 0) is 28.8 Å². The summed E-state index contributed by atoms with van der Waals surface area (Å²) in [6, 6.07) is -0.325. The second kappa shape index (κ2) is 9.56. The van der Waals surface area contributed by atoms with Crippen LogP contribution in [-0.4, -0.2) is 25.9 Å². The van der Waals surface area contributed by atoms with Crippen molar-refractivity contribution in [3.63, 3.8) is 0 Å². The van der Waals surface area contributed by atoms with Crippen LogP contribution >= 0.6 is 0 Å². The van der Waals surface area contributed by atoms with E-state index in [1.54, 1.807) is 0 Å². The number of benzene rings is 1. The molecule has 0 aliphatic rings. The van der Waals surface area contributed by atoms with Gasteiger partial charge in [0, 0.05) is 6.42 Å². The minimum atomic E-state index is -5.03. The standard InChI is InChI=1S/C21H26F6N2O2Si/c1-19(2,3)32(4,5)8-6-7-16(18(28)31)29-17(30)11-13-9-14(20(22,23)24)12-15(10-13)21(25,26)27/h9-10,12,16H,7,11H2,1-5H3,(H2,28,31)(H,29,30)/t16-/m1/s1. The Hall–Kier alpha value is -2.48. The summed E-state index contributed by atoms with van der Waals surface area (Å²) in [5.74, 6) is 0.977. The van der Waals surface area contributed by atoms with Gasteiger partial charge in [0.25, 0.3) is 0 Å². The number of halogens is 6. The lowest BCUT2D eigenvalue weighted by atomic mass is 10.0. The second-order valence-electron chi connectivity index (χ2n) is 8.99. The molecule has 1 rings (SSSR count). The van der Waals surface area contributed by atoms with E-state index in [2.05, 4.69) is 16.8 Å². The molecule has 0 aromatic heterocycles. The Morgan fingerprint density at radius 1 is 1.00 bits per heavy atom. The van der Waals surface area contributed by atoms with Crippen LogP contribution in [-0.2, 0) is 28.4 Å². The van der Waals surface area contributed by atoms with E-state index in [4.69, 9.17) is 5.73 Å². The van der Waals surface area contributed by atoms with Crippen molar-refractivity contribution in [3.05, 3.63) is 34.9 Å². The lowest BCUT2D eigenvalue weighted by molar-refractivity contribution is -0.143. The Kier molecular flexibility index (Phi) is 8.23. The predicted molar refractivity (Wildman–Crippen MR) is 111 cm³/mol. The normalized spacial score (nSPS) is 13.7. The van der Waals surface area contributed by atoms with E-state index in [-0.39, 0.29) is 17.5 Å². The maximum Gasteiger partial charge on any atom is 0.416 e. The summed E-state index contributed by atoms with van der Waals surface area (Å²) in [7, 11) is -1.99. The Morgan fingerprint density at radius 2 is 1.47 bits per heavy atom. The zero-order valence-corrected chi connectivity index (χ0v) is 19.4. The number of nitrogens with two attached hydrogens (primary N) is 1. The third-order valence-corrected chi connectivity index (χ3v) is 9.82. The highest BCUT2D eigenvalue weighted by Gasteiger charge is 2.37. The second-order valence-corrected chi connectivity index (χ2v) is 14.0. The van der Waals surface area contributed by atoms with Crippen LogP contribution in [0.3, 0.4) is 0 Å². The molecule has 1 aromatic carbocycles. The highest BCUT2D eigenvalue weighted by atomic mass is 28.3. The third kappa shape index (κ3) is 7.89. The number of hydrogen-bond donors (Lipinski definition) is 2. The van der Waals surface area contributed by atoms with Gasteiger partial charge >= 0.3 is 12.4 Å². The third-order valence-electron chi connectivity index (χ3n) is 5.27. The first-order valence-electron chi connectivity index (χ1n) is 9.61. The largest absolute Gasteiger partial charge is 0.416 e. The van der Waals surface area contributed by atoms with Crippen molar-refractivity contribution in [2.75, 3.05) is 0 Å². The van der Waals surface area contributed by atoms with Crippen LogP contribution in [0, 0.1) is 11.5 Å². The van der Waals surface area contributed by atoms with Crippen molar-refractivity contribution in [3.8, 4) is 11.5 Å². The lowest BCUT2D eigenvalue weighted by Gasteiger charge is -2.31. The number of nitrogens with one attached hydrogen (secondary N) is 1. The van der Waals surface area contributed by atoms with Crippen LogP contribution in [0.5, 0.6) is 0 Å². The predicted octanol–water partition coefficient (Wildman–Crippen LogP) is 4.68. The van der Waals surface area contributed by atoms with Crippen molar-refractivity contribution < 1.29 is 35.9 Å². The smallest absolute Gasteiger partial charge is 0.368 e. The van der Waals surface area contributed by atoms with Gasteiger partial charge < -0.3 is 11.1 Å². The lowest BCUT2D eigenvalue weighted by Crippen LogP contribution is -2.45. The molecule has 178 valence electrons. The van der Waals surface area contributed by atoms with E-state index in [0.717, 1.165) is 0 Å². The highest BCUT2D eigenvalue weighted by Crippen LogP contribution is 2.37. The molecule has 0 aliphatic carbocycles. The maximum absolute atomic E-state index is 13.0. The van der Waals surface area contributed by atoms with Crippen molar-refractivity contribution in [1.82, 2.24) is 5.32 Å². The molecule has 0 heterocycles. The van der Waals surface area contributed by atoms with E-state index in [1.807, 2.05) is 33.9 Å². The van der Waals surface area contributed by atoms with Gasteiger partial charge in [0.15, 0.2) is 0 Å². The molecule has 0 radical (unpaired) electrons. The van der Waals surface area contributed by atoms with E-state index >= 15 is 0 Å². The Morgan fingerprint density at radius 3 is 1.84 bits per heavy atom. The molecule has 0 unspecified atom stereocenters. The fourth-order valence-corrected chi connectivity index (χ4v) is 3.26. The fourth-order valence-electron chi connectivity index (χ4n) is 2.34. The molecule has 0 saturated carbocycles. The van der Waals surface area contributed by atoms with Crippen LogP contribution < -0.4 is 11.1 Å². The van der Waals surface area contributed by atoms with Gasteiger partial charge in [-0.2, -0.15) is 26.3 Å². The number of rotatable bonds is 5. The SMILES string of the molecule is CC(C)(C)[Si](C)(C)C#CC[C@@H](NC(=O)Cc1cc(C(F)(F)F)cc(C(F)(F)F)c1)C(N)=O. The molecule has 11 heteroatoms. The average molecular weight is 481 g/mol. The van der Waals surface area contributed by atoms with Gasteiger partial charge in [-0.3, -0.25) is 9.59 Å². The zero-order chi connectivity index (χ0) is 25.1. The molecule has 0 spiro atoms. The average Bonchev–Trinajstić information content (AvgIpc) is 2.57. The number of primary amides is 1. The van der Waals surface area contributed by atoms with Crippen molar-refractivity contribution in [2.45, 2.75) is 70.1 Å². The molecular weight excluding hydrogens is 454 g/mol. The summed E-state index contributed by atoms with van der Waals surface area (Å²) in [6.45, 7) is 10.2. The molecule has 1 aromatic rings. The van der Waals surface area contributed by atoms with E-state index < -0.39 is 61.4 Å². The van der Waals surface area contributed by atoms with Crippen LogP contribution in [0.25, 0.3) is 0 Å². The van der Waals surface area contributed by atoms with Crippen molar-refractivity contribution in [1.29, 1.82) is 0 Å². The molecule has 3 N–H and O–H groups in total. The maximum atomic E-state index is 13.0. The van der Waals surface area contributed by atoms with Gasteiger partial charge in [0.2, 0.25) is 11.8 Å². The first-order chi connectivity index (χ1) is 14.2. The van der Waals surface area contributed by atoms with Crippen LogP contribution in [0.2, 0.25) is 18.1 Å². The molecule has 0 saturated heterocycles. The topological polar surface area (TPSA) is 72.2 Å². The van der Waals surface area contributed by atoms with Gasteiger partial charge in [-0.25, -0.2) is 0 Å². The first-order valence-corrected chi connectivity index (χ1v) is 12.6. The summed E-state index contributed by atoms with van der Waals surface area (Å²) >= 11 is 0. The van der Waals surface area contributed by atoms with Crippen LogP contribution in [0.1, 0.15) is 43.9 Å². The van der Waals surface area contributed by atoms with Crippen LogP contribution in [0.15, 0.2) is 18.2 Å². The summed E-state index contributed by atoms with van der Waals surface area (Å²) in [5.41, 5.74) is 4.85. The van der Waals surface area contributed by atoms with Gasteiger partial charge in [0.05, 0.1) is 17.5 Å². The quantitative estimate of drug-likeness (QED) is 0.365. The molecule has 32 heavy (non-hydrogen) atoms. The zero-order valence-electron chi connectivity index (χ0n) is 18.4. The number of alkyl halides is 6. The number of hydrogen-bond acceptors (Lipinski definition) is 2. The van der Waals surface area contributed by atoms with Crippen molar-refractivity contribution >= 4 is 19.9 Å². The molecule has 1 atom stereocenters. The minimum absolute atomic E-state index is 0.0237. The monoisotopic (exact) mass is 480 g/mol. The molecular formula is C21H26F6N2O2Si. The summed E-state index contributed by atoms with van der Waals surface area (Å²) in [4.78, 5) is 23.9. The van der Waals surface area contributed by atoms with Gasteiger partial charge in [-0.15, -0.1) is 11.5 Å².